The van der Waals surface area contributed by atoms with Gasteiger partial charge in [0, 0.05) is 18.4 Å². The van der Waals surface area contributed by atoms with Crippen molar-refractivity contribution >= 4 is 23.3 Å². The highest BCUT2D eigenvalue weighted by molar-refractivity contribution is 6.24. The van der Waals surface area contributed by atoms with Gasteiger partial charge in [0.05, 0.1) is 12.2 Å². The molecule has 1 N–H and O–H groups in total. The van der Waals surface area contributed by atoms with E-state index >= 15 is 0 Å². The molecule has 0 aromatic heterocycles. The van der Waals surface area contributed by atoms with Gasteiger partial charge in [-0.1, -0.05) is 0 Å². The third-order valence-corrected chi connectivity index (χ3v) is 6.54. The predicted octanol–water partition coefficient (Wildman–Crippen LogP) is 1.38. The number of hydrogen-bond donors (Lipinski definition) is 1. The molecule has 0 aliphatic carbocycles. The van der Waals surface area contributed by atoms with Gasteiger partial charge in [-0.25, -0.2) is 13.7 Å². The van der Waals surface area contributed by atoms with Gasteiger partial charge in [-0.05, 0) is 48.5 Å². The van der Waals surface area contributed by atoms with E-state index in [0.717, 1.165) is 29.2 Å². The van der Waals surface area contributed by atoms with Crippen molar-refractivity contribution in [1.82, 2.24) is 0 Å². The molecule has 3 aliphatic heterocycles. The Labute approximate surface area is 165 Å². The van der Waals surface area contributed by atoms with Gasteiger partial charge >= 0.3 is 0 Å². The lowest BCUT2D eigenvalue weighted by Gasteiger charge is -2.25. The molecule has 0 spiro atoms. The lowest BCUT2D eigenvalue weighted by molar-refractivity contribution is -0.915. The predicted molar refractivity (Wildman–Crippen MR) is 99.2 cm³/mol. The fourth-order valence-corrected chi connectivity index (χ4v) is 5.38. The van der Waals surface area contributed by atoms with E-state index in [2.05, 4.69) is 0 Å². The molecule has 5 nitrogen and oxygen atoms in total. The third-order valence-electron chi connectivity index (χ3n) is 6.54. The normalized spacial score (nSPS) is 30.6. The van der Waals surface area contributed by atoms with Crippen molar-refractivity contribution in [3.05, 3.63) is 65.7 Å². The lowest BCUT2D eigenvalue weighted by Crippen LogP contribution is -3.16. The number of carbonyl (C=O) groups excluding carboxylic acids is 3. The van der Waals surface area contributed by atoms with Gasteiger partial charge in [-0.3, -0.25) is 14.4 Å². The summed E-state index contributed by atoms with van der Waals surface area (Å²) in [5, 5.41) is 0. The third kappa shape index (κ3) is 2.64. The minimum atomic E-state index is -0.745. The Balaban J connectivity index is 1.54. The molecule has 2 aromatic rings. The van der Waals surface area contributed by atoms with Crippen molar-refractivity contribution in [2.24, 2.45) is 11.8 Å². The standard InChI is InChI=1S/C22H18F2N2O3/c23-13-5-3-12(4-6-13)20(27)19-18-17(16-2-1-11-25(16)19)21(28)26(22(18)29)15-9-7-14(24)8-10-15/h3-10,16-19H,1-2,11H2/p+1/t16-,17-,18+,19+/m1/s1. The molecule has 0 saturated carbocycles. The second kappa shape index (κ2) is 6.56. The van der Waals surface area contributed by atoms with Crippen LogP contribution in [0.3, 0.4) is 0 Å². The molecule has 148 valence electrons. The molecule has 3 fully saturated rings. The first-order valence-electron chi connectivity index (χ1n) is 9.76. The van der Waals surface area contributed by atoms with Crippen molar-refractivity contribution in [2.45, 2.75) is 24.9 Å². The summed E-state index contributed by atoms with van der Waals surface area (Å²) in [6, 6.07) is 9.77. The molecule has 3 heterocycles. The number of quaternary nitrogens is 1. The van der Waals surface area contributed by atoms with Crippen LogP contribution in [0.1, 0.15) is 23.2 Å². The first-order chi connectivity index (χ1) is 14.0. The van der Waals surface area contributed by atoms with Crippen LogP contribution in [0.5, 0.6) is 0 Å². The van der Waals surface area contributed by atoms with Crippen LogP contribution in [0.25, 0.3) is 0 Å². The molecule has 1 unspecified atom stereocenters. The molecule has 3 saturated heterocycles. The second-order valence-corrected chi connectivity index (χ2v) is 7.96. The molecular formula is C22H19F2N2O3+. The number of rotatable bonds is 3. The first-order valence-corrected chi connectivity index (χ1v) is 9.76. The van der Waals surface area contributed by atoms with Crippen molar-refractivity contribution < 1.29 is 28.1 Å². The second-order valence-electron chi connectivity index (χ2n) is 7.96. The SMILES string of the molecule is O=C(c1ccc(F)cc1)[C@@H]1[C@H]2C(=O)N(c3ccc(F)cc3)C(=O)[C@@H]2[C@H]2CCC[NH+]21. The highest BCUT2D eigenvalue weighted by Gasteiger charge is 2.68. The molecule has 5 atom stereocenters. The Morgan fingerprint density at radius 1 is 0.897 bits per heavy atom. The molecule has 2 aromatic carbocycles. The van der Waals surface area contributed by atoms with Gasteiger partial charge in [-0.2, -0.15) is 0 Å². The van der Waals surface area contributed by atoms with Crippen molar-refractivity contribution in [1.29, 1.82) is 0 Å². The van der Waals surface area contributed by atoms with Gasteiger partial charge in [-0.15, -0.1) is 0 Å². The molecule has 29 heavy (non-hydrogen) atoms. The zero-order valence-electron chi connectivity index (χ0n) is 15.5. The van der Waals surface area contributed by atoms with E-state index in [1.165, 1.54) is 48.5 Å². The highest BCUT2D eigenvalue weighted by Crippen LogP contribution is 2.40. The zero-order valence-corrected chi connectivity index (χ0v) is 15.5. The number of carbonyl (C=O) groups is 3. The molecule has 3 aliphatic rings. The Morgan fingerprint density at radius 3 is 2.14 bits per heavy atom. The van der Waals surface area contributed by atoms with E-state index < -0.39 is 35.4 Å². The Morgan fingerprint density at radius 2 is 1.48 bits per heavy atom. The van der Waals surface area contributed by atoms with Crippen molar-refractivity contribution in [2.75, 3.05) is 11.4 Å². The Bertz CT molecular complexity index is 1010. The summed E-state index contributed by atoms with van der Waals surface area (Å²) in [5.74, 6) is -3.15. The number of amides is 2. The summed E-state index contributed by atoms with van der Waals surface area (Å²) in [7, 11) is 0. The average Bonchev–Trinajstić information content (AvgIpc) is 3.35. The van der Waals surface area contributed by atoms with Gasteiger partial charge < -0.3 is 4.90 Å². The number of halogens is 2. The quantitative estimate of drug-likeness (QED) is 0.629. The summed E-state index contributed by atoms with van der Waals surface area (Å²) >= 11 is 0. The van der Waals surface area contributed by atoms with E-state index in [9.17, 15) is 23.2 Å². The Kier molecular flexibility index (Phi) is 4.10. The molecule has 2 amide bonds. The number of benzene rings is 2. The van der Waals surface area contributed by atoms with Crippen LogP contribution < -0.4 is 9.80 Å². The van der Waals surface area contributed by atoms with Crippen LogP contribution in [0.15, 0.2) is 48.5 Å². The van der Waals surface area contributed by atoms with Crippen LogP contribution in [0.4, 0.5) is 14.5 Å². The monoisotopic (exact) mass is 397 g/mol. The average molecular weight is 397 g/mol. The summed E-state index contributed by atoms with van der Waals surface area (Å²) < 4.78 is 26.6. The fraction of sp³-hybridized carbons (Fsp3) is 0.318. The molecule has 0 bridgehead atoms. The number of Topliss-reactive ketones (excluding diaryl/α,β-unsaturated/α-hetero) is 1. The summed E-state index contributed by atoms with van der Waals surface area (Å²) in [5.41, 5.74) is 0.666. The van der Waals surface area contributed by atoms with E-state index in [-0.39, 0.29) is 17.7 Å². The van der Waals surface area contributed by atoms with Crippen LogP contribution in [-0.2, 0) is 9.59 Å². The van der Waals surface area contributed by atoms with Gasteiger partial charge in [0.1, 0.15) is 29.5 Å². The Hall–Kier alpha value is -2.93. The maximum Gasteiger partial charge on any atom is 0.244 e. The van der Waals surface area contributed by atoms with E-state index in [1.54, 1.807) is 0 Å². The zero-order chi connectivity index (χ0) is 20.3. The summed E-state index contributed by atoms with van der Waals surface area (Å²) in [4.78, 5) is 41.9. The molecule has 7 heteroatoms. The van der Waals surface area contributed by atoms with E-state index in [0.29, 0.717) is 11.3 Å². The number of imide groups is 1. The highest BCUT2D eigenvalue weighted by atomic mass is 19.1. The van der Waals surface area contributed by atoms with Gasteiger partial charge in [0.25, 0.3) is 0 Å². The number of fused-ring (bicyclic) bond motifs is 3. The number of nitrogens with one attached hydrogen (secondary N) is 1. The number of hydrogen-bond acceptors (Lipinski definition) is 3. The largest absolute Gasteiger partial charge is 0.322 e. The number of ketones is 1. The molecular weight excluding hydrogens is 378 g/mol. The van der Waals surface area contributed by atoms with Crippen molar-refractivity contribution in [3.8, 4) is 0 Å². The number of anilines is 1. The maximum absolute atomic E-state index is 13.3. The lowest BCUT2D eigenvalue weighted by atomic mass is 9.85. The van der Waals surface area contributed by atoms with E-state index in [1.807, 2.05) is 0 Å². The van der Waals surface area contributed by atoms with Crippen LogP contribution >= 0.6 is 0 Å². The maximum atomic E-state index is 13.3. The van der Waals surface area contributed by atoms with Gasteiger partial charge in [0.2, 0.25) is 17.6 Å². The minimum Gasteiger partial charge on any atom is -0.322 e. The van der Waals surface area contributed by atoms with Crippen molar-refractivity contribution in [3.63, 3.8) is 0 Å². The number of nitrogens with zero attached hydrogens (tertiary/aromatic N) is 1. The smallest absolute Gasteiger partial charge is 0.244 e. The van der Waals surface area contributed by atoms with Crippen LogP contribution in [0, 0.1) is 23.5 Å². The molecule has 0 radical (unpaired) electrons. The topological polar surface area (TPSA) is 58.9 Å². The summed E-state index contributed by atoms with van der Waals surface area (Å²) in [6.07, 6.45) is 1.66. The van der Waals surface area contributed by atoms with Crippen LogP contribution in [0.2, 0.25) is 0 Å². The van der Waals surface area contributed by atoms with Crippen LogP contribution in [-0.4, -0.2) is 36.2 Å². The minimum absolute atomic E-state index is 0.0868. The molecule has 5 rings (SSSR count). The summed E-state index contributed by atoms with van der Waals surface area (Å²) in [6.45, 7) is 0.729. The van der Waals surface area contributed by atoms with E-state index in [4.69, 9.17) is 0 Å². The first kappa shape index (κ1) is 18.1. The fourth-order valence-electron chi connectivity index (χ4n) is 5.38. The van der Waals surface area contributed by atoms with Gasteiger partial charge in [0.15, 0.2) is 6.04 Å².